The van der Waals surface area contributed by atoms with Gasteiger partial charge in [-0.2, -0.15) is 0 Å². The first-order valence-electron chi connectivity index (χ1n) is 9.43. The molecule has 0 atom stereocenters. The SMILES string of the molecule is CCOc1ccccc1C(=O)Nc1ccc2c(c1)CN(C(=O)C(C)C)CC2. The molecular weight excluding hydrogens is 340 g/mol. The molecule has 0 unspecified atom stereocenters. The third kappa shape index (κ3) is 4.30. The highest BCUT2D eigenvalue weighted by Gasteiger charge is 2.23. The molecule has 0 spiro atoms. The Balaban J connectivity index is 1.77. The molecule has 5 heteroatoms. The minimum absolute atomic E-state index is 0.00972. The van der Waals surface area contributed by atoms with E-state index in [1.807, 2.05) is 56.0 Å². The number of para-hydroxylation sites is 1. The van der Waals surface area contributed by atoms with Crippen LogP contribution in [0.3, 0.4) is 0 Å². The van der Waals surface area contributed by atoms with Crippen LogP contribution in [-0.4, -0.2) is 29.9 Å². The fourth-order valence-corrected chi connectivity index (χ4v) is 3.32. The molecule has 1 aliphatic rings. The highest BCUT2D eigenvalue weighted by atomic mass is 16.5. The molecule has 0 saturated carbocycles. The number of rotatable bonds is 5. The van der Waals surface area contributed by atoms with E-state index >= 15 is 0 Å². The summed E-state index contributed by atoms with van der Waals surface area (Å²) in [6.45, 7) is 7.57. The summed E-state index contributed by atoms with van der Waals surface area (Å²) in [5.74, 6) is 0.527. The van der Waals surface area contributed by atoms with Crippen LogP contribution < -0.4 is 10.1 Å². The molecule has 0 saturated heterocycles. The third-order valence-electron chi connectivity index (χ3n) is 4.71. The Labute approximate surface area is 160 Å². The zero-order valence-corrected chi connectivity index (χ0v) is 16.1. The van der Waals surface area contributed by atoms with E-state index < -0.39 is 0 Å². The van der Waals surface area contributed by atoms with Gasteiger partial charge in [-0.3, -0.25) is 9.59 Å². The van der Waals surface area contributed by atoms with Gasteiger partial charge in [-0.05, 0) is 48.7 Å². The number of hydrogen-bond acceptors (Lipinski definition) is 3. The second kappa shape index (κ2) is 8.25. The van der Waals surface area contributed by atoms with E-state index in [9.17, 15) is 9.59 Å². The number of anilines is 1. The van der Waals surface area contributed by atoms with E-state index in [4.69, 9.17) is 4.74 Å². The van der Waals surface area contributed by atoms with Crippen molar-refractivity contribution < 1.29 is 14.3 Å². The maximum absolute atomic E-state index is 12.7. The first kappa shape index (κ1) is 19.0. The molecular formula is C22H26N2O3. The molecule has 2 amide bonds. The lowest BCUT2D eigenvalue weighted by Crippen LogP contribution is -2.38. The number of fused-ring (bicyclic) bond motifs is 1. The molecule has 5 nitrogen and oxygen atoms in total. The summed E-state index contributed by atoms with van der Waals surface area (Å²) in [4.78, 5) is 26.9. The molecule has 0 aromatic heterocycles. The number of carbonyl (C=O) groups excluding carboxylic acids is 2. The quantitative estimate of drug-likeness (QED) is 0.874. The smallest absolute Gasteiger partial charge is 0.259 e. The normalized spacial score (nSPS) is 13.3. The molecule has 0 fully saturated rings. The molecule has 1 heterocycles. The molecule has 1 aliphatic heterocycles. The van der Waals surface area contributed by atoms with Crippen molar-refractivity contribution in [2.45, 2.75) is 33.7 Å². The molecule has 1 N–H and O–H groups in total. The zero-order chi connectivity index (χ0) is 19.4. The lowest BCUT2D eigenvalue weighted by Gasteiger charge is -2.30. The first-order valence-corrected chi connectivity index (χ1v) is 9.43. The second-order valence-electron chi connectivity index (χ2n) is 7.03. The Bertz CT molecular complexity index is 845. The van der Waals surface area contributed by atoms with Gasteiger partial charge in [0.2, 0.25) is 5.91 Å². The Morgan fingerprint density at radius 3 is 2.67 bits per heavy atom. The summed E-state index contributed by atoms with van der Waals surface area (Å²) < 4.78 is 5.54. The van der Waals surface area contributed by atoms with E-state index in [0.29, 0.717) is 24.5 Å². The van der Waals surface area contributed by atoms with Crippen LogP contribution in [0, 0.1) is 5.92 Å². The minimum Gasteiger partial charge on any atom is -0.493 e. The van der Waals surface area contributed by atoms with Crippen molar-refractivity contribution in [2.75, 3.05) is 18.5 Å². The lowest BCUT2D eigenvalue weighted by atomic mass is 9.98. The van der Waals surface area contributed by atoms with Gasteiger partial charge in [0.05, 0.1) is 12.2 Å². The number of ether oxygens (including phenoxy) is 1. The Morgan fingerprint density at radius 1 is 1.15 bits per heavy atom. The van der Waals surface area contributed by atoms with Crippen LogP contribution in [-0.2, 0) is 17.8 Å². The topological polar surface area (TPSA) is 58.6 Å². The summed E-state index contributed by atoms with van der Waals surface area (Å²) in [6, 6.07) is 13.1. The largest absolute Gasteiger partial charge is 0.493 e. The van der Waals surface area contributed by atoms with Crippen LogP contribution >= 0.6 is 0 Å². The first-order chi connectivity index (χ1) is 13.0. The number of carbonyl (C=O) groups is 2. The number of nitrogens with one attached hydrogen (secondary N) is 1. The van der Waals surface area contributed by atoms with Crippen LogP contribution in [0.2, 0.25) is 0 Å². The van der Waals surface area contributed by atoms with E-state index in [2.05, 4.69) is 5.32 Å². The lowest BCUT2D eigenvalue weighted by molar-refractivity contribution is -0.135. The molecule has 0 radical (unpaired) electrons. The average Bonchev–Trinajstić information content (AvgIpc) is 2.67. The highest BCUT2D eigenvalue weighted by molar-refractivity contribution is 6.06. The average molecular weight is 366 g/mol. The van der Waals surface area contributed by atoms with Gasteiger partial charge >= 0.3 is 0 Å². The van der Waals surface area contributed by atoms with Crippen molar-refractivity contribution in [2.24, 2.45) is 5.92 Å². The summed E-state index contributed by atoms with van der Waals surface area (Å²) in [5, 5.41) is 2.95. The van der Waals surface area contributed by atoms with Crippen LogP contribution in [0.4, 0.5) is 5.69 Å². The predicted molar refractivity (Wildman–Crippen MR) is 106 cm³/mol. The standard InChI is InChI=1S/C22H26N2O3/c1-4-27-20-8-6-5-7-19(20)21(25)23-18-10-9-16-11-12-24(14-17(16)13-18)22(26)15(2)3/h5-10,13,15H,4,11-12,14H2,1-3H3,(H,23,25). The maximum Gasteiger partial charge on any atom is 0.259 e. The van der Waals surface area contributed by atoms with E-state index in [0.717, 1.165) is 24.2 Å². The minimum atomic E-state index is -0.204. The van der Waals surface area contributed by atoms with E-state index in [-0.39, 0.29) is 17.7 Å². The molecule has 27 heavy (non-hydrogen) atoms. The van der Waals surface area contributed by atoms with Crippen LogP contribution in [0.25, 0.3) is 0 Å². The zero-order valence-electron chi connectivity index (χ0n) is 16.1. The Hall–Kier alpha value is -2.82. The van der Waals surface area contributed by atoms with E-state index in [1.54, 1.807) is 12.1 Å². The van der Waals surface area contributed by atoms with Crippen molar-refractivity contribution in [1.82, 2.24) is 4.90 Å². The third-order valence-corrected chi connectivity index (χ3v) is 4.71. The van der Waals surface area contributed by atoms with Gasteiger partial charge < -0.3 is 15.0 Å². The van der Waals surface area contributed by atoms with Gasteiger partial charge in [0.1, 0.15) is 5.75 Å². The summed E-state index contributed by atoms with van der Waals surface area (Å²) in [6.07, 6.45) is 0.842. The van der Waals surface area contributed by atoms with Crippen LogP contribution in [0.5, 0.6) is 5.75 Å². The van der Waals surface area contributed by atoms with Gasteiger partial charge in [0.15, 0.2) is 0 Å². The number of hydrogen-bond donors (Lipinski definition) is 1. The fourth-order valence-electron chi connectivity index (χ4n) is 3.32. The summed E-state index contributed by atoms with van der Waals surface area (Å²) >= 11 is 0. The van der Waals surface area contributed by atoms with Crippen LogP contribution in [0.1, 0.15) is 42.3 Å². The van der Waals surface area contributed by atoms with Gasteiger partial charge in [0.25, 0.3) is 5.91 Å². The van der Waals surface area contributed by atoms with Crippen molar-refractivity contribution in [3.63, 3.8) is 0 Å². The maximum atomic E-state index is 12.7. The summed E-state index contributed by atoms with van der Waals surface area (Å²) in [7, 11) is 0. The number of nitrogens with zero attached hydrogens (tertiary/aromatic N) is 1. The second-order valence-corrected chi connectivity index (χ2v) is 7.03. The van der Waals surface area contributed by atoms with E-state index in [1.165, 1.54) is 5.56 Å². The van der Waals surface area contributed by atoms with Crippen LogP contribution in [0.15, 0.2) is 42.5 Å². The molecule has 2 aromatic carbocycles. The summed E-state index contributed by atoms with van der Waals surface area (Å²) in [5.41, 5.74) is 3.55. The van der Waals surface area contributed by atoms with Gasteiger partial charge in [-0.15, -0.1) is 0 Å². The van der Waals surface area contributed by atoms with Crippen molar-refractivity contribution >= 4 is 17.5 Å². The molecule has 2 aromatic rings. The predicted octanol–water partition coefficient (Wildman–Crippen LogP) is 3.88. The van der Waals surface area contributed by atoms with Gasteiger partial charge in [0, 0.05) is 24.7 Å². The molecule has 0 bridgehead atoms. The van der Waals surface area contributed by atoms with Gasteiger partial charge in [-0.1, -0.05) is 32.0 Å². The molecule has 142 valence electrons. The monoisotopic (exact) mass is 366 g/mol. The van der Waals surface area contributed by atoms with Crippen molar-refractivity contribution in [3.8, 4) is 5.75 Å². The Kier molecular flexibility index (Phi) is 5.79. The molecule has 3 rings (SSSR count). The molecule has 0 aliphatic carbocycles. The van der Waals surface area contributed by atoms with Gasteiger partial charge in [-0.25, -0.2) is 0 Å². The van der Waals surface area contributed by atoms with Crippen molar-refractivity contribution in [3.05, 3.63) is 59.2 Å². The number of amides is 2. The fraction of sp³-hybridized carbons (Fsp3) is 0.364. The Morgan fingerprint density at radius 2 is 1.93 bits per heavy atom. The van der Waals surface area contributed by atoms with Crippen molar-refractivity contribution in [1.29, 1.82) is 0 Å². The number of benzene rings is 2. The highest BCUT2D eigenvalue weighted by Crippen LogP contribution is 2.25.